The fourth-order valence-electron chi connectivity index (χ4n) is 2.01. The number of rotatable bonds is 2. The second-order valence-corrected chi connectivity index (χ2v) is 7.06. The molecule has 1 N–H and O–H groups in total. The number of nitrogens with one attached hydrogen (secondary N) is 1. The lowest BCUT2D eigenvalue weighted by Crippen LogP contribution is -2.17. The minimum Gasteiger partial charge on any atom is -0.345 e. The number of aromatic amines is 1. The number of aromatic nitrogens is 2. The van der Waals surface area contributed by atoms with Crippen LogP contribution >= 0.6 is 28.1 Å². The summed E-state index contributed by atoms with van der Waals surface area (Å²) in [5.41, 5.74) is 1.26. The quantitative estimate of drug-likeness (QED) is 0.745. The molecule has 0 aliphatic rings. The number of hydrogen-bond donors (Lipinski definition) is 1. The molecule has 0 amide bonds. The van der Waals surface area contributed by atoms with Crippen LogP contribution in [-0.2, 0) is 11.8 Å². The van der Waals surface area contributed by atoms with Crippen LogP contribution in [0, 0.1) is 16.3 Å². The van der Waals surface area contributed by atoms with E-state index >= 15 is 0 Å². The van der Waals surface area contributed by atoms with Crippen molar-refractivity contribution in [1.82, 2.24) is 9.97 Å². The summed E-state index contributed by atoms with van der Waals surface area (Å²) >= 11 is 8.68. The van der Waals surface area contributed by atoms with Crippen molar-refractivity contribution in [2.45, 2.75) is 32.6 Å². The molecular formula is C15H15BrF2N2S. The summed E-state index contributed by atoms with van der Waals surface area (Å²) in [7, 11) is 0. The zero-order valence-electron chi connectivity index (χ0n) is 11.9. The van der Waals surface area contributed by atoms with Crippen molar-refractivity contribution in [2.24, 2.45) is 0 Å². The summed E-state index contributed by atoms with van der Waals surface area (Å²) in [6.45, 7) is 6.14. The Kier molecular flexibility index (Phi) is 4.58. The maximum atomic E-state index is 13.2. The van der Waals surface area contributed by atoms with Gasteiger partial charge in [-0.05, 0) is 33.6 Å². The van der Waals surface area contributed by atoms with Gasteiger partial charge in [0.05, 0.1) is 4.47 Å². The first-order valence-corrected chi connectivity index (χ1v) is 7.61. The van der Waals surface area contributed by atoms with Gasteiger partial charge in [0.2, 0.25) is 0 Å². The van der Waals surface area contributed by atoms with Gasteiger partial charge in [0, 0.05) is 23.6 Å². The third-order valence-corrected chi connectivity index (χ3v) is 4.29. The second-order valence-electron chi connectivity index (χ2n) is 5.88. The van der Waals surface area contributed by atoms with Gasteiger partial charge in [-0.1, -0.05) is 33.0 Å². The highest BCUT2D eigenvalue weighted by Crippen LogP contribution is 2.28. The van der Waals surface area contributed by atoms with Crippen LogP contribution in [0.25, 0.3) is 0 Å². The summed E-state index contributed by atoms with van der Waals surface area (Å²) in [5, 5.41) is 0. The van der Waals surface area contributed by atoms with Crippen molar-refractivity contribution in [3.05, 3.63) is 56.0 Å². The van der Waals surface area contributed by atoms with E-state index < -0.39 is 11.6 Å². The molecule has 0 unspecified atom stereocenters. The highest BCUT2D eigenvalue weighted by Gasteiger charge is 2.20. The molecule has 1 aromatic carbocycles. The molecule has 1 aromatic heterocycles. The van der Waals surface area contributed by atoms with Crippen LogP contribution in [-0.4, -0.2) is 9.97 Å². The number of halogens is 3. The molecule has 6 heteroatoms. The predicted molar refractivity (Wildman–Crippen MR) is 85.0 cm³/mol. The Labute approximate surface area is 135 Å². The van der Waals surface area contributed by atoms with Crippen LogP contribution in [0.3, 0.4) is 0 Å². The van der Waals surface area contributed by atoms with Gasteiger partial charge in [0.15, 0.2) is 0 Å². The fraction of sp³-hybridized carbons (Fsp3) is 0.333. The Morgan fingerprint density at radius 3 is 2.29 bits per heavy atom. The number of benzene rings is 1. The predicted octanol–water partition coefficient (Wildman–Crippen LogP) is 5.07. The minimum absolute atomic E-state index is 0.155. The molecule has 0 atom stereocenters. The van der Waals surface area contributed by atoms with E-state index in [1.807, 2.05) is 20.8 Å². The molecular weight excluding hydrogens is 358 g/mol. The van der Waals surface area contributed by atoms with Gasteiger partial charge in [0.1, 0.15) is 22.1 Å². The largest absolute Gasteiger partial charge is 0.345 e. The SMILES string of the molecule is CC(C)(C)c1[nH]c(Cc2cc(F)cc(F)c2)nc(=S)c1Br. The fourth-order valence-corrected chi connectivity index (χ4v) is 3.01. The van der Waals surface area contributed by atoms with E-state index in [9.17, 15) is 8.78 Å². The van der Waals surface area contributed by atoms with Crippen LogP contribution in [0.1, 0.15) is 37.9 Å². The lowest BCUT2D eigenvalue weighted by Gasteiger charge is -2.21. The molecule has 0 saturated carbocycles. The first-order chi connectivity index (χ1) is 9.66. The number of H-pyrrole nitrogens is 1. The monoisotopic (exact) mass is 372 g/mol. The van der Waals surface area contributed by atoms with Crippen LogP contribution < -0.4 is 0 Å². The number of nitrogens with zero attached hydrogens (tertiary/aromatic N) is 1. The molecule has 2 rings (SSSR count). The molecule has 21 heavy (non-hydrogen) atoms. The molecule has 2 aromatic rings. The third kappa shape index (κ3) is 3.95. The zero-order chi connectivity index (χ0) is 15.8. The van der Waals surface area contributed by atoms with Gasteiger partial charge in [-0.3, -0.25) is 0 Å². The zero-order valence-corrected chi connectivity index (χ0v) is 14.3. The second kappa shape index (κ2) is 5.93. The van der Waals surface area contributed by atoms with E-state index in [-0.39, 0.29) is 11.8 Å². The maximum absolute atomic E-state index is 13.2. The van der Waals surface area contributed by atoms with Gasteiger partial charge < -0.3 is 4.98 Å². The van der Waals surface area contributed by atoms with Gasteiger partial charge in [-0.2, -0.15) is 0 Å². The van der Waals surface area contributed by atoms with Crippen molar-refractivity contribution in [2.75, 3.05) is 0 Å². The lowest BCUT2D eigenvalue weighted by atomic mass is 9.92. The van der Waals surface area contributed by atoms with Crippen molar-refractivity contribution >= 4 is 28.1 Å². The van der Waals surface area contributed by atoms with Crippen molar-refractivity contribution in [3.8, 4) is 0 Å². The Hall–Kier alpha value is -1.14. The number of hydrogen-bond acceptors (Lipinski definition) is 2. The summed E-state index contributed by atoms with van der Waals surface area (Å²) in [5.74, 6) is -0.619. The molecule has 0 bridgehead atoms. The normalized spacial score (nSPS) is 11.7. The standard InChI is InChI=1S/C15H15BrF2N2S/c1-15(2,3)13-12(16)14(21)20-11(19-13)6-8-4-9(17)7-10(18)5-8/h4-5,7H,6H2,1-3H3,(H,19,20,21). The van der Waals surface area contributed by atoms with Gasteiger partial charge in [-0.15, -0.1) is 0 Å². The Morgan fingerprint density at radius 1 is 1.19 bits per heavy atom. The average Bonchev–Trinajstić information content (AvgIpc) is 2.30. The molecule has 1 heterocycles. The third-order valence-electron chi connectivity index (χ3n) is 2.96. The van der Waals surface area contributed by atoms with E-state index in [1.165, 1.54) is 12.1 Å². The molecule has 112 valence electrons. The molecule has 0 fully saturated rings. The average molecular weight is 373 g/mol. The Morgan fingerprint density at radius 2 is 1.76 bits per heavy atom. The highest BCUT2D eigenvalue weighted by molar-refractivity contribution is 9.10. The van der Waals surface area contributed by atoms with Gasteiger partial charge >= 0.3 is 0 Å². The summed E-state index contributed by atoms with van der Waals surface area (Å²) in [4.78, 5) is 7.48. The highest BCUT2D eigenvalue weighted by atomic mass is 79.9. The van der Waals surface area contributed by atoms with Crippen molar-refractivity contribution in [1.29, 1.82) is 0 Å². The minimum atomic E-state index is -0.600. The van der Waals surface area contributed by atoms with Gasteiger partial charge in [0.25, 0.3) is 0 Å². The van der Waals surface area contributed by atoms with Crippen molar-refractivity contribution < 1.29 is 8.78 Å². The summed E-state index contributed by atoms with van der Waals surface area (Å²) in [6.07, 6.45) is 0.286. The molecule has 0 aliphatic carbocycles. The Balaban J connectivity index is 2.46. The van der Waals surface area contributed by atoms with Crippen LogP contribution in [0.2, 0.25) is 0 Å². The Bertz CT molecular complexity index is 715. The molecule has 0 spiro atoms. The van der Waals surface area contributed by atoms with Crippen LogP contribution in [0.4, 0.5) is 8.78 Å². The molecule has 0 aliphatic heterocycles. The van der Waals surface area contributed by atoms with Gasteiger partial charge in [-0.25, -0.2) is 13.8 Å². The summed E-state index contributed by atoms with van der Waals surface area (Å²) < 4.78 is 27.7. The van der Waals surface area contributed by atoms with E-state index in [0.717, 1.165) is 16.2 Å². The van der Waals surface area contributed by atoms with Crippen LogP contribution in [0.15, 0.2) is 22.7 Å². The van der Waals surface area contributed by atoms with E-state index in [4.69, 9.17) is 12.2 Å². The molecule has 0 saturated heterocycles. The van der Waals surface area contributed by atoms with E-state index in [0.29, 0.717) is 16.0 Å². The summed E-state index contributed by atoms with van der Waals surface area (Å²) in [6, 6.07) is 3.43. The molecule has 0 radical (unpaired) electrons. The molecule has 2 nitrogen and oxygen atoms in total. The van der Waals surface area contributed by atoms with Crippen molar-refractivity contribution in [3.63, 3.8) is 0 Å². The van der Waals surface area contributed by atoms with E-state index in [1.54, 1.807) is 0 Å². The van der Waals surface area contributed by atoms with E-state index in [2.05, 4.69) is 25.9 Å². The first kappa shape index (κ1) is 16.2. The maximum Gasteiger partial charge on any atom is 0.144 e. The first-order valence-electron chi connectivity index (χ1n) is 6.41. The topological polar surface area (TPSA) is 28.7 Å². The lowest BCUT2D eigenvalue weighted by molar-refractivity contribution is 0.557. The smallest absolute Gasteiger partial charge is 0.144 e. The van der Waals surface area contributed by atoms with Crippen LogP contribution in [0.5, 0.6) is 0 Å².